The highest BCUT2D eigenvalue weighted by molar-refractivity contribution is 5.74. The number of rotatable bonds is 3. The molecule has 0 bridgehead atoms. The summed E-state index contributed by atoms with van der Waals surface area (Å²) in [5.41, 5.74) is 2.03. The average Bonchev–Trinajstić information content (AvgIpc) is 2.99. The number of hydrogen-bond acceptors (Lipinski definition) is 3. The fourth-order valence-corrected chi connectivity index (χ4v) is 5.01. The van der Waals surface area contributed by atoms with Gasteiger partial charge < -0.3 is 4.90 Å². The number of halogens is 1. The molecule has 0 aliphatic carbocycles. The van der Waals surface area contributed by atoms with Crippen molar-refractivity contribution in [1.82, 2.24) is 14.8 Å². The van der Waals surface area contributed by atoms with Gasteiger partial charge >= 0.3 is 0 Å². The number of pyridine rings is 1. The van der Waals surface area contributed by atoms with Crippen LogP contribution < -0.4 is 0 Å². The van der Waals surface area contributed by atoms with E-state index in [9.17, 15) is 9.18 Å². The summed E-state index contributed by atoms with van der Waals surface area (Å²) in [5, 5.41) is 0. The van der Waals surface area contributed by atoms with Crippen molar-refractivity contribution in [2.24, 2.45) is 0 Å². The Bertz CT molecular complexity index is 813. The standard InChI is InChI=1S/C23H28FN3O/c1-17(28)27-13-6-2-3-11-22-23(27)21(18-8-7-9-19(24)14-18)16-26(22)15-20-10-4-5-12-25-20/h4-5,7-10,12,14,21-23H,2-3,6,11,13,15-16H2,1H3/t21-,22+,23-/m0/s1. The molecule has 0 spiro atoms. The van der Waals surface area contributed by atoms with Crippen molar-refractivity contribution < 1.29 is 9.18 Å². The number of carbonyl (C=O) groups excluding carboxylic acids is 1. The van der Waals surface area contributed by atoms with Crippen molar-refractivity contribution in [3.8, 4) is 0 Å². The largest absolute Gasteiger partial charge is 0.338 e. The van der Waals surface area contributed by atoms with Gasteiger partial charge in [0, 0.05) is 44.7 Å². The third-order valence-electron chi connectivity index (χ3n) is 6.24. The highest BCUT2D eigenvalue weighted by Gasteiger charge is 2.46. The molecular weight excluding hydrogens is 353 g/mol. The van der Waals surface area contributed by atoms with Gasteiger partial charge in [-0.25, -0.2) is 4.39 Å². The van der Waals surface area contributed by atoms with Crippen molar-refractivity contribution >= 4 is 5.91 Å². The minimum absolute atomic E-state index is 0.0864. The summed E-state index contributed by atoms with van der Waals surface area (Å²) in [6, 6.07) is 13.3. The van der Waals surface area contributed by atoms with E-state index < -0.39 is 0 Å². The molecule has 0 saturated carbocycles. The molecule has 0 radical (unpaired) electrons. The Morgan fingerprint density at radius 2 is 2.07 bits per heavy atom. The van der Waals surface area contributed by atoms with Crippen molar-refractivity contribution in [2.45, 2.75) is 57.2 Å². The number of carbonyl (C=O) groups is 1. The van der Waals surface area contributed by atoms with E-state index in [0.717, 1.165) is 50.2 Å². The summed E-state index contributed by atoms with van der Waals surface area (Å²) < 4.78 is 14.0. The highest BCUT2D eigenvalue weighted by Crippen LogP contribution is 2.40. The lowest BCUT2D eigenvalue weighted by atomic mass is 9.86. The lowest BCUT2D eigenvalue weighted by molar-refractivity contribution is -0.132. The summed E-state index contributed by atoms with van der Waals surface area (Å²) in [4.78, 5) is 21.6. The van der Waals surface area contributed by atoms with E-state index in [2.05, 4.69) is 20.9 Å². The average molecular weight is 381 g/mol. The van der Waals surface area contributed by atoms with Gasteiger partial charge in [-0.2, -0.15) is 0 Å². The van der Waals surface area contributed by atoms with Crippen LogP contribution in [0.25, 0.3) is 0 Å². The van der Waals surface area contributed by atoms with Gasteiger partial charge in [0.05, 0.1) is 11.7 Å². The van der Waals surface area contributed by atoms with Crippen molar-refractivity contribution in [3.05, 3.63) is 65.7 Å². The van der Waals surface area contributed by atoms with Gasteiger partial charge in [-0.3, -0.25) is 14.7 Å². The molecule has 0 unspecified atom stereocenters. The first-order valence-electron chi connectivity index (χ1n) is 10.3. The number of nitrogens with zero attached hydrogens (tertiary/aromatic N) is 3. The lowest BCUT2D eigenvalue weighted by Gasteiger charge is -2.39. The number of fused-ring (bicyclic) bond motifs is 1. The quantitative estimate of drug-likeness (QED) is 0.807. The topological polar surface area (TPSA) is 36.4 Å². The number of benzene rings is 1. The van der Waals surface area contributed by atoms with E-state index in [1.807, 2.05) is 24.4 Å². The molecule has 1 amide bonds. The third-order valence-corrected chi connectivity index (χ3v) is 6.24. The summed E-state index contributed by atoms with van der Waals surface area (Å²) in [7, 11) is 0. The maximum atomic E-state index is 14.0. The molecule has 0 N–H and O–H groups in total. The molecule has 2 saturated heterocycles. The summed E-state index contributed by atoms with van der Waals surface area (Å²) in [6.45, 7) is 4.04. The smallest absolute Gasteiger partial charge is 0.219 e. The first-order chi connectivity index (χ1) is 13.6. The van der Waals surface area contributed by atoms with Gasteiger partial charge in [0.25, 0.3) is 0 Å². The lowest BCUT2D eigenvalue weighted by Crippen LogP contribution is -2.50. The number of hydrogen-bond donors (Lipinski definition) is 0. The van der Waals surface area contributed by atoms with Crippen LogP contribution in [-0.4, -0.2) is 45.9 Å². The van der Waals surface area contributed by atoms with Gasteiger partial charge in [-0.15, -0.1) is 0 Å². The molecule has 2 aromatic rings. The molecule has 2 aliphatic heterocycles. The van der Waals surface area contributed by atoms with Crippen LogP contribution in [0.1, 0.15) is 49.8 Å². The molecule has 4 nitrogen and oxygen atoms in total. The van der Waals surface area contributed by atoms with Crippen LogP contribution in [0.5, 0.6) is 0 Å². The zero-order valence-electron chi connectivity index (χ0n) is 16.4. The number of amides is 1. The van der Waals surface area contributed by atoms with Crippen LogP contribution in [0.15, 0.2) is 48.7 Å². The maximum Gasteiger partial charge on any atom is 0.219 e. The predicted octanol–water partition coefficient (Wildman–Crippen LogP) is 3.98. The Morgan fingerprint density at radius 1 is 1.18 bits per heavy atom. The van der Waals surface area contributed by atoms with Gasteiger partial charge in [0.2, 0.25) is 5.91 Å². The normalized spacial score (nSPS) is 25.8. The molecule has 2 fully saturated rings. The predicted molar refractivity (Wildman–Crippen MR) is 107 cm³/mol. The van der Waals surface area contributed by atoms with Crippen LogP contribution in [0.3, 0.4) is 0 Å². The number of likely N-dealkylation sites (tertiary alicyclic amines) is 2. The van der Waals surface area contributed by atoms with E-state index in [4.69, 9.17) is 0 Å². The zero-order valence-corrected chi connectivity index (χ0v) is 16.4. The molecule has 28 heavy (non-hydrogen) atoms. The van der Waals surface area contributed by atoms with Gasteiger partial charge in [0.1, 0.15) is 5.82 Å². The van der Waals surface area contributed by atoms with Crippen LogP contribution in [0, 0.1) is 5.82 Å². The molecule has 1 aromatic heterocycles. The molecular formula is C23H28FN3O. The fourth-order valence-electron chi connectivity index (χ4n) is 5.01. The fraction of sp³-hybridized carbons (Fsp3) is 0.478. The van der Waals surface area contributed by atoms with Crippen LogP contribution >= 0.6 is 0 Å². The first kappa shape index (κ1) is 19.1. The molecule has 1 aromatic carbocycles. The second kappa shape index (κ2) is 8.39. The Balaban J connectivity index is 1.70. The summed E-state index contributed by atoms with van der Waals surface area (Å²) >= 11 is 0. The SMILES string of the molecule is CC(=O)N1CCCCC[C@@H]2[C@@H]1[C@H](c1cccc(F)c1)CN2Cc1ccccn1. The monoisotopic (exact) mass is 381 g/mol. The third kappa shape index (κ3) is 3.95. The Morgan fingerprint density at radius 3 is 2.82 bits per heavy atom. The minimum atomic E-state index is -0.211. The van der Waals surface area contributed by atoms with Gasteiger partial charge in [0.15, 0.2) is 0 Å². The maximum absolute atomic E-state index is 14.0. The van der Waals surface area contributed by atoms with E-state index in [-0.39, 0.29) is 29.7 Å². The zero-order chi connectivity index (χ0) is 19.5. The Labute approximate surface area is 166 Å². The van der Waals surface area contributed by atoms with Crippen molar-refractivity contribution in [1.29, 1.82) is 0 Å². The Hall–Kier alpha value is -2.27. The van der Waals surface area contributed by atoms with E-state index in [0.29, 0.717) is 0 Å². The highest BCUT2D eigenvalue weighted by atomic mass is 19.1. The van der Waals surface area contributed by atoms with E-state index >= 15 is 0 Å². The van der Waals surface area contributed by atoms with Crippen LogP contribution in [0.4, 0.5) is 4.39 Å². The number of aromatic nitrogens is 1. The molecule has 5 heteroatoms. The van der Waals surface area contributed by atoms with Crippen LogP contribution in [-0.2, 0) is 11.3 Å². The van der Waals surface area contributed by atoms with Crippen molar-refractivity contribution in [3.63, 3.8) is 0 Å². The van der Waals surface area contributed by atoms with E-state index in [1.54, 1.807) is 19.1 Å². The second-order valence-corrected chi connectivity index (χ2v) is 8.03. The van der Waals surface area contributed by atoms with Gasteiger partial charge in [-0.1, -0.05) is 31.0 Å². The molecule has 4 rings (SSSR count). The minimum Gasteiger partial charge on any atom is -0.338 e. The van der Waals surface area contributed by atoms with Gasteiger partial charge in [-0.05, 0) is 42.7 Å². The molecule has 148 valence electrons. The van der Waals surface area contributed by atoms with E-state index in [1.165, 1.54) is 12.5 Å². The van der Waals surface area contributed by atoms with Crippen molar-refractivity contribution in [2.75, 3.05) is 13.1 Å². The Kier molecular flexibility index (Phi) is 5.72. The molecule has 3 atom stereocenters. The molecule has 3 heterocycles. The van der Waals surface area contributed by atoms with Crippen LogP contribution in [0.2, 0.25) is 0 Å². The summed E-state index contributed by atoms with van der Waals surface area (Å²) in [6.07, 6.45) is 6.25. The summed E-state index contributed by atoms with van der Waals surface area (Å²) in [5.74, 6) is 0.0295. The molecule has 2 aliphatic rings. The first-order valence-corrected chi connectivity index (χ1v) is 10.3. The second-order valence-electron chi connectivity index (χ2n) is 8.03.